The maximum atomic E-state index is 10.2. The first-order valence-corrected chi connectivity index (χ1v) is 10.6. The number of hydrogen-bond acceptors (Lipinski definition) is 4. The van der Waals surface area contributed by atoms with Gasteiger partial charge in [-0.25, -0.2) is 0 Å². The second-order valence-electron chi connectivity index (χ2n) is 10.3. The number of aliphatic hydroxyl groups is 1. The molecule has 1 spiro atoms. The van der Waals surface area contributed by atoms with Gasteiger partial charge in [-0.1, -0.05) is 13.8 Å². The molecule has 0 bridgehead atoms. The van der Waals surface area contributed by atoms with Crippen molar-refractivity contribution in [3.05, 3.63) is 0 Å². The summed E-state index contributed by atoms with van der Waals surface area (Å²) in [5.41, 5.74) is 7.32. The molecule has 1 aliphatic heterocycles. The van der Waals surface area contributed by atoms with Crippen molar-refractivity contribution in [1.82, 2.24) is 0 Å². The highest BCUT2D eigenvalue weighted by atomic mass is 16.7. The van der Waals surface area contributed by atoms with Crippen LogP contribution in [0.25, 0.3) is 0 Å². The van der Waals surface area contributed by atoms with Crippen LogP contribution >= 0.6 is 0 Å². The van der Waals surface area contributed by atoms with Crippen molar-refractivity contribution in [3.8, 4) is 0 Å². The van der Waals surface area contributed by atoms with Gasteiger partial charge in [-0.3, -0.25) is 0 Å². The van der Waals surface area contributed by atoms with Gasteiger partial charge in [0, 0.05) is 17.9 Å². The lowest BCUT2D eigenvalue weighted by Gasteiger charge is -2.63. The van der Waals surface area contributed by atoms with E-state index in [1.54, 1.807) is 0 Å². The Morgan fingerprint density at radius 1 is 1.00 bits per heavy atom. The highest BCUT2D eigenvalue weighted by Gasteiger charge is 2.68. The van der Waals surface area contributed by atoms with E-state index in [2.05, 4.69) is 13.8 Å². The summed E-state index contributed by atoms with van der Waals surface area (Å²) in [6.07, 6.45) is 8.86. The van der Waals surface area contributed by atoms with E-state index in [1.807, 2.05) is 0 Å². The Bertz CT molecular complexity index is 547. The molecule has 4 nitrogen and oxygen atoms in total. The van der Waals surface area contributed by atoms with Gasteiger partial charge < -0.3 is 20.3 Å². The van der Waals surface area contributed by atoms with Gasteiger partial charge >= 0.3 is 0 Å². The molecule has 4 heteroatoms. The molecule has 0 aromatic heterocycles. The molecule has 5 fully saturated rings. The molecule has 0 radical (unpaired) electrons. The third-order valence-corrected chi connectivity index (χ3v) is 9.44. The Morgan fingerprint density at radius 2 is 1.76 bits per heavy atom. The Labute approximate surface area is 151 Å². The van der Waals surface area contributed by atoms with Gasteiger partial charge in [0.2, 0.25) is 0 Å². The minimum atomic E-state index is -0.360. The van der Waals surface area contributed by atoms with Crippen LogP contribution in [0.2, 0.25) is 0 Å². The molecular weight excluding hydrogens is 314 g/mol. The van der Waals surface area contributed by atoms with Gasteiger partial charge in [0.25, 0.3) is 0 Å². The van der Waals surface area contributed by atoms with E-state index in [4.69, 9.17) is 15.2 Å². The summed E-state index contributed by atoms with van der Waals surface area (Å²) in [6, 6.07) is 0.233. The molecule has 1 heterocycles. The molecule has 1 saturated heterocycles. The van der Waals surface area contributed by atoms with Gasteiger partial charge in [0.15, 0.2) is 5.79 Å². The van der Waals surface area contributed by atoms with E-state index in [-0.39, 0.29) is 23.3 Å². The summed E-state index contributed by atoms with van der Waals surface area (Å²) in [6.45, 7) is 6.38. The summed E-state index contributed by atoms with van der Waals surface area (Å²) < 4.78 is 12.5. The fourth-order valence-corrected chi connectivity index (χ4v) is 8.37. The molecule has 4 aliphatic carbocycles. The van der Waals surface area contributed by atoms with Crippen molar-refractivity contribution < 1.29 is 14.6 Å². The first-order chi connectivity index (χ1) is 11.9. The molecule has 5 rings (SSSR count). The summed E-state index contributed by atoms with van der Waals surface area (Å²) in [5, 5.41) is 10.2. The maximum absolute atomic E-state index is 10.2. The molecule has 4 saturated carbocycles. The normalized spacial score (nSPS) is 57.1. The topological polar surface area (TPSA) is 64.7 Å². The molecule has 5 aliphatic rings. The predicted molar refractivity (Wildman–Crippen MR) is 95.7 cm³/mol. The standard InChI is InChI=1S/C21H35NO3/c1-19-7-5-14(23)11-13(19)3-4-15-16-6-8-21(24-9-10-25-21)20(16,2)12-17(22)18(15)19/h13-18,23H,3-12,22H2,1-2H3/t13-,14+,15-,16-,17+,18+,19-,20-/m0/s1. The monoisotopic (exact) mass is 349 g/mol. The zero-order valence-corrected chi connectivity index (χ0v) is 15.9. The quantitative estimate of drug-likeness (QED) is 0.705. The largest absolute Gasteiger partial charge is 0.393 e. The van der Waals surface area contributed by atoms with Crippen LogP contribution in [0.5, 0.6) is 0 Å². The first-order valence-electron chi connectivity index (χ1n) is 10.6. The van der Waals surface area contributed by atoms with Gasteiger partial charge in [-0.2, -0.15) is 0 Å². The predicted octanol–water partition coefficient (Wildman–Crippen LogP) is 3.07. The van der Waals surface area contributed by atoms with Crippen LogP contribution in [0.15, 0.2) is 0 Å². The fraction of sp³-hybridized carbons (Fsp3) is 1.00. The Kier molecular flexibility index (Phi) is 3.69. The SMILES string of the molecule is C[C@]12CC[C@@H](O)C[C@@H]1CC[C@@H]1[C@@H]2[C@H](N)C[C@@]2(C)[C@H]1CCC21OCCO1. The van der Waals surface area contributed by atoms with Crippen LogP contribution in [0.3, 0.4) is 0 Å². The van der Waals surface area contributed by atoms with Crippen LogP contribution in [0.1, 0.15) is 65.2 Å². The smallest absolute Gasteiger partial charge is 0.174 e. The molecular formula is C21H35NO3. The van der Waals surface area contributed by atoms with Gasteiger partial charge in [0.1, 0.15) is 0 Å². The Morgan fingerprint density at radius 3 is 2.52 bits per heavy atom. The first kappa shape index (κ1) is 17.0. The molecule has 0 aromatic rings. The molecule has 8 atom stereocenters. The van der Waals surface area contributed by atoms with Crippen molar-refractivity contribution >= 4 is 0 Å². The van der Waals surface area contributed by atoms with Crippen molar-refractivity contribution in [2.24, 2.45) is 40.2 Å². The number of aliphatic hydroxyl groups excluding tert-OH is 1. The molecule has 0 aromatic carbocycles. The van der Waals surface area contributed by atoms with E-state index >= 15 is 0 Å². The van der Waals surface area contributed by atoms with Crippen LogP contribution in [0.4, 0.5) is 0 Å². The van der Waals surface area contributed by atoms with Crippen LogP contribution in [-0.2, 0) is 9.47 Å². The zero-order chi connectivity index (χ0) is 17.4. The van der Waals surface area contributed by atoms with E-state index in [1.165, 1.54) is 19.3 Å². The second-order valence-corrected chi connectivity index (χ2v) is 10.3. The van der Waals surface area contributed by atoms with E-state index in [0.717, 1.165) is 45.3 Å². The lowest BCUT2D eigenvalue weighted by atomic mass is 9.43. The fourth-order valence-electron chi connectivity index (χ4n) is 8.37. The van der Waals surface area contributed by atoms with Crippen molar-refractivity contribution in [2.75, 3.05) is 13.2 Å². The third kappa shape index (κ3) is 2.09. The molecule has 0 unspecified atom stereocenters. The van der Waals surface area contributed by atoms with Crippen molar-refractivity contribution in [1.29, 1.82) is 0 Å². The Hall–Kier alpha value is -0.160. The number of nitrogens with two attached hydrogens (primary N) is 1. The summed E-state index contributed by atoms with van der Waals surface area (Å²) >= 11 is 0. The van der Waals surface area contributed by atoms with Gasteiger partial charge in [0.05, 0.1) is 19.3 Å². The highest BCUT2D eigenvalue weighted by molar-refractivity contribution is 5.15. The van der Waals surface area contributed by atoms with E-state index in [0.29, 0.717) is 29.1 Å². The molecule has 3 N–H and O–H groups in total. The maximum Gasteiger partial charge on any atom is 0.174 e. The van der Waals surface area contributed by atoms with Crippen molar-refractivity contribution in [3.63, 3.8) is 0 Å². The lowest BCUT2D eigenvalue weighted by molar-refractivity contribution is -0.250. The molecule has 142 valence electrons. The Balaban J connectivity index is 1.49. The van der Waals surface area contributed by atoms with Crippen LogP contribution in [-0.4, -0.2) is 36.3 Å². The number of ether oxygens (including phenoxy) is 2. The van der Waals surface area contributed by atoms with Gasteiger partial charge in [-0.15, -0.1) is 0 Å². The minimum absolute atomic E-state index is 0.0709. The lowest BCUT2D eigenvalue weighted by Crippen LogP contribution is -2.63. The average Bonchev–Trinajstić information content (AvgIpc) is 3.15. The number of rotatable bonds is 0. The van der Waals surface area contributed by atoms with Crippen molar-refractivity contribution in [2.45, 2.75) is 83.1 Å². The van der Waals surface area contributed by atoms with E-state index in [9.17, 15) is 5.11 Å². The minimum Gasteiger partial charge on any atom is -0.393 e. The number of hydrogen-bond donors (Lipinski definition) is 2. The summed E-state index contributed by atoms with van der Waals surface area (Å²) in [7, 11) is 0. The molecule has 0 amide bonds. The van der Waals surface area contributed by atoms with Crippen LogP contribution < -0.4 is 5.73 Å². The van der Waals surface area contributed by atoms with Crippen LogP contribution in [0, 0.1) is 34.5 Å². The molecule has 25 heavy (non-hydrogen) atoms. The third-order valence-electron chi connectivity index (χ3n) is 9.44. The highest BCUT2D eigenvalue weighted by Crippen LogP contribution is 2.69. The number of fused-ring (bicyclic) bond motifs is 6. The zero-order valence-electron chi connectivity index (χ0n) is 15.9. The summed E-state index contributed by atoms with van der Waals surface area (Å²) in [4.78, 5) is 0. The van der Waals surface area contributed by atoms with Gasteiger partial charge in [-0.05, 0) is 74.0 Å². The second kappa shape index (κ2) is 5.43. The van der Waals surface area contributed by atoms with E-state index < -0.39 is 0 Å². The summed E-state index contributed by atoms with van der Waals surface area (Å²) in [5.74, 6) is 2.29. The average molecular weight is 350 g/mol.